The first-order valence-electron chi connectivity index (χ1n) is 13.6. The summed E-state index contributed by atoms with van der Waals surface area (Å²) < 4.78 is 16.8. The van der Waals surface area contributed by atoms with Crippen molar-refractivity contribution in [3.8, 4) is 17.3 Å². The third-order valence-corrected chi connectivity index (χ3v) is 10.5. The Balaban J connectivity index is 1.44. The van der Waals surface area contributed by atoms with Gasteiger partial charge < -0.3 is 14.0 Å². The lowest BCUT2D eigenvalue weighted by Crippen LogP contribution is -2.23. The number of fused-ring (bicyclic) bond motifs is 3. The van der Waals surface area contributed by atoms with Crippen molar-refractivity contribution in [2.24, 2.45) is 5.41 Å². The number of pyridine rings is 1. The highest BCUT2D eigenvalue weighted by Gasteiger charge is 2.45. The van der Waals surface area contributed by atoms with Crippen LogP contribution in [0.5, 0.6) is 5.75 Å². The maximum Gasteiger partial charge on any atom is 0.163 e. The van der Waals surface area contributed by atoms with E-state index in [4.69, 9.17) is 24.5 Å². The standard InChI is InChI=1S/C30H36BrN5O2Si/c1-19-24(31)14-25-28(32-19)35(17-20-7-9-22(37-3)10-8-20)29(33-25)27-23-13-21-15-30(21,2)16-26(23)36(34-27)18-38-11-12-39(4,5)6/h7-10,14-15H,11-13,16-18H2,1-6H3/t30-/m1/s1. The maximum atomic E-state index is 6.19. The lowest BCUT2D eigenvalue weighted by atomic mass is 9.85. The van der Waals surface area contributed by atoms with Crippen molar-refractivity contribution in [2.45, 2.75) is 65.6 Å². The first-order chi connectivity index (χ1) is 18.5. The van der Waals surface area contributed by atoms with E-state index in [1.165, 1.54) is 16.8 Å². The summed E-state index contributed by atoms with van der Waals surface area (Å²) in [6.07, 6.45) is 4.29. The Hall–Kier alpha value is -2.75. The molecule has 0 saturated heterocycles. The van der Waals surface area contributed by atoms with Gasteiger partial charge in [-0.1, -0.05) is 50.3 Å². The molecule has 4 aromatic rings. The second-order valence-corrected chi connectivity index (χ2v) is 18.8. The zero-order valence-corrected chi connectivity index (χ0v) is 26.2. The molecule has 0 bridgehead atoms. The fourth-order valence-corrected chi connectivity index (χ4v) is 6.46. The molecule has 0 unspecified atom stereocenters. The minimum atomic E-state index is -1.16. The molecule has 204 valence electrons. The fraction of sp³-hybridized carbons (Fsp3) is 0.433. The number of aryl methyl sites for hydroxylation is 1. The lowest BCUT2D eigenvalue weighted by Gasteiger charge is -2.21. The molecule has 1 atom stereocenters. The topological polar surface area (TPSA) is 67.0 Å². The van der Waals surface area contributed by atoms with E-state index in [0.717, 1.165) is 69.7 Å². The number of benzene rings is 1. The largest absolute Gasteiger partial charge is 0.497 e. The van der Waals surface area contributed by atoms with Crippen LogP contribution >= 0.6 is 15.9 Å². The van der Waals surface area contributed by atoms with Gasteiger partial charge in [0.05, 0.1) is 19.3 Å². The first kappa shape index (κ1) is 26.5. The van der Waals surface area contributed by atoms with Crippen molar-refractivity contribution in [3.63, 3.8) is 0 Å². The van der Waals surface area contributed by atoms with Crippen LogP contribution in [0.25, 0.3) is 22.7 Å². The first-order valence-corrected chi connectivity index (χ1v) is 18.1. The average Bonchev–Trinajstić information content (AvgIpc) is 3.29. The second-order valence-electron chi connectivity index (χ2n) is 12.3. The molecule has 6 rings (SSSR count). The van der Waals surface area contributed by atoms with Gasteiger partial charge in [0.2, 0.25) is 0 Å². The molecule has 7 nitrogen and oxygen atoms in total. The molecule has 0 radical (unpaired) electrons. The summed E-state index contributed by atoms with van der Waals surface area (Å²) in [6, 6.07) is 11.4. The van der Waals surface area contributed by atoms with E-state index in [1.807, 2.05) is 19.1 Å². The molecular formula is C30H36BrN5O2Si. The summed E-state index contributed by atoms with van der Waals surface area (Å²) in [5.41, 5.74) is 8.98. The molecule has 0 N–H and O–H groups in total. The number of methoxy groups -OCH3 is 1. The fourth-order valence-electron chi connectivity index (χ4n) is 5.40. The predicted octanol–water partition coefficient (Wildman–Crippen LogP) is 6.78. The zero-order valence-electron chi connectivity index (χ0n) is 23.6. The van der Waals surface area contributed by atoms with Crippen molar-refractivity contribution < 1.29 is 9.47 Å². The molecule has 0 saturated carbocycles. The summed E-state index contributed by atoms with van der Waals surface area (Å²) in [5.74, 6) is 1.70. The molecule has 9 heteroatoms. The van der Waals surface area contributed by atoms with Gasteiger partial charge in [-0.15, -0.1) is 0 Å². The number of aromatic nitrogens is 5. The van der Waals surface area contributed by atoms with Crippen molar-refractivity contribution >= 4 is 35.2 Å². The molecule has 2 aliphatic carbocycles. The van der Waals surface area contributed by atoms with E-state index in [0.29, 0.717) is 13.3 Å². The minimum absolute atomic E-state index is 0.188. The molecule has 2 aliphatic rings. The van der Waals surface area contributed by atoms with Crippen LogP contribution in [0.3, 0.4) is 0 Å². The molecule has 3 aromatic heterocycles. The van der Waals surface area contributed by atoms with Gasteiger partial charge in [0.25, 0.3) is 0 Å². The molecule has 3 heterocycles. The van der Waals surface area contributed by atoms with Crippen molar-refractivity contribution in [1.29, 1.82) is 0 Å². The molecule has 0 aliphatic heterocycles. The van der Waals surface area contributed by atoms with E-state index in [1.54, 1.807) is 7.11 Å². The number of imidazole rings is 1. The van der Waals surface area contributed by atoms with Gasteiger partial charge in [0, 0.05) is 42.2 Å². The van der Waals surface area contributed by atoms with Crippen molar-refractivity contribution in [3.05, 3.63) is 69.0 Å². The Morgan fingerprint density at radius 2 is 1.90 bits per heavy atom. The third-order valence-electron chi connectivity index (χ3n) is 7.98. The zero-order chi connectivity index (χ0) is 27.5. The SMILES string of the molecule is COc1ccc(Cn2c(-c3nn(COCC[Si](C)(C)C)c4c3CC3=C[C@]3(C)C4)nc3cc(Br)c(C)nc32)cc1. The molecular weight excluding hydrogens is 570 g/mol. The number of hydrogen-bond donors (Lipinski definition) is 0. The summed E-state index contributed by atoms with van der Waals surface area (Å²) in [5, 5.41) is 5.18. The Labute approximate surface area is 239 Å². The van der Waals surface area contributed by atoms with Crippen molar-refractivity contribution in [2.75, 3.05) is 13.7 Å². The minimum Gasteiger partial charge on any atom is -0.497 e. The average molecular weight is 607 g/mol. The van der Waals surface area contributed by atoms with E-state index in [9.17, 15) is 0 Å². The van der Waals surface area contributed by atoms with Crippen molar-refractivity contribution in [1.82, 2.24) is 24.3 Å². The molecule has 0 fully saturated rings. The quantitative estimate of drug-likeness (QED) is 0.119. The number of rotatable bonds is 9. The number of hydrogen-bond acceptors (Lipinski definition) is 5. The van der Waals surface area contributed by atoms with Crippen LogP contribution in [0.15, 0.2) is 46.5 Å². The van der Waals surface area contributed by atoms with E-state index in [-0.39, 0.29) is 5.41 Å². The van der Waals surface area contributed by atoms with Gasteiger partial charge in [0.1, 0.15) is 23.7 Å². The molecule has 0 spiro atoms. The summed E-state index contributed by atoms with van der Waals surface area (Å²) >= 11 is 3.66. The number of nitrogens with zero attached hydrogens (tertiary/aromatic N) is 5. The highest BCUT2D eigenvalue weighted by molar-refractivity contribution is 9.10. The van der Waals surface area contributed by atoms with Crippen LogP contribution in [-0.2, 0) is 30.9 Å². The van der Waals surface area contributed by atoms with Crippen LogP contribution in [0, 0.1) is 12.3 Å². The molecule has 0 amide bonds. The summed E-state index contributed by atoms with van der Waals surface area (Å²) in [7, 11) is 0.528. The van der Waals surface area contributed by atoms with Crippen LogP contribution in [0.2, 0.25) is 25.7 Å². The second kappa shape index (κ2) is 9.71. The Morgan fingerprint density at radius 1 is 1.13 bits per heavy atom. The summed E-state index contributed by atoms with van der Waals surface area (Å²) in [6.45, 7) is 13.4. The van der Waals surface area contributed by atoms with E-state index >= 15 is 0 Å². The number of halogens is 1. The van der Waals surface area contributed by atoms with Crippen LogP contribution in [0.4, 0.5) is 0 Å². The van der Waals surface area contributed by atoms with Crippen LogP contribution in [0.1, 0.15) is 29.4 Å². The summed E-state index contributed by atoms with van der Waals surface area (Å²) in [4.78, 5) is 10.1. The third kappa shape index (κ3) is 5.12. The smallest absolute Gasteiger partial charge is 0.163 e. The lowest BCUT2D eigenvalue weighted by molar-refractivity contribution is 0.0759. The predicted molar refractivity (Wildman–Crippen MR) is 161 cm³/mol. The monoisotopic (exact) mass is 605 g/mol. The highest BCUT2D eigenvalue weighted by atomic mass is 79.9. The number of ether oxygens (including phenoxy) is 2. The van der Waals surface area contributed by atoms with Gasteiger partial charge in [-0.25, -0.2) is 14.6 Å². The number of allylic oxidation sites excluding steroid dienone is 2. The van der Waals surface area contributed by atoms with Gasteiger partial charge in [-0.2, -0.15) is 5.10 Å². The van der Waals surface area contributed by atoms with Crippen LogP contribution < -0.4 is 4.74 Å². The van der Waals surface area contributed by atoms with E-state index < -0.39 is 8.07 Å². The maximum absolute atomic E-state index is 6.19. The van der Waals surface area contributed by atoms with Gasteiger partial charge >= 0.3 is 0 Å². The van der Waals surface area contributed by atoms with Gasteiger partial charge in [-0.05, 0) is 59.1 Å². The Morgan fingerprint density at radius 3 is 2.62 bits per heavy atom. The highest BCUT2D eigenvalue weighted by Crippen LogP contribution is 2.53. The molecule has 39 heavy (non-hydrogen) atoms. The van der Waals surface area contributed by atoms with Gasteiger partial charge in [0.15, 0.2) is 11.5 Å². The molecule has 1 aromatic carbocycles. The van der Waals surface area contributed by atoms with E-state index in [2.05, 4.69) is 76.0 Å². The van der Waals surface area contributed by atoms with Crippen LogP contribution in [-0.4, -0.2) is 46.1 Å². The Bertz CT molecular complexity index is 1600. The van der Waals surface area contributed by atoms with Gasteiger partial charge in [-0.3, -0.25) is 0 Å². The Kier molecular flexibility index (Phi) is 6.59. The normalized spacial score (nSPS) is 18.2.